The molecular formula is C22H27ClN4O3. The third-order valence-corrected chi connectivity index (χ3v) is 5.68. The van der Waals surface area contributed by atoms with E-state index in [1.54, 1.807) is 18.2 Å². The quantitative estimate of drug-likeness (QED) is 0.568. The second-order valence-electron chi connectivity index (χ2n) is 8.65. The number of rotatable bonds is 4. The smallest absolute Gasteiger partial charge is 0.294 e. The van der Waals surface area contributed by atoms with E-state index in [4.69, 9.17) is 11.6 Å². The number of nitrogens with one attached hydrogen (secondary N) is 1. The number of carbonyl (C=O) groups is 1. The Morgan fingerprint density at radius 2 is 1.70 bits per heavy atom. The number of nitro benzene ring substituents is 1. The van der Waals surface area contributed by atoms with Crippen molar-refractivity contribution in [2.45, 2.75) is 26.2 Å². The van der Waals surface area contributed by atoms with Gasteiger partial charge < -0.3 is 15.1 Å². The molecule has 1 aliphatic rings. The first-order valence-electron chi connectivity index (χ1n) is 9.89. The second-order valence-corrected chi connectivity index (χ2v) is 9.06. The maximum absolute atomic E-state index is 12.8. The Kier molecular flexibility index (Phi) is 6.33. The molecule has 1 amide bonds. The zero-order valence-electron chi connectivity index (χ0n) is 17.7. The highest BCUT2D eigenvalue weighted by molar-refractivity contribution is 6.34. The minimum atomic E-state index is -0.434. The number of halogens is 1. The zero-order valence-corrected chi connectivity index (χ0v) is 18.5. The van der Waals surface area contributed by atoms with Crippen molar-refractivity contribution >= 4 is 34.6 Å². The van der Waals surface area contributed by atoms with Crippen molar-refractivity contribution in [3.05, 3.63) is 62.7 Å². The van der Waals surface area contributed by atoms with Crippen LogP contribution in [0.25, 0.3) is 0 Å². The highest BCUT2D eigenvalue weighted by atomic mass is 35.5. The van der Waals surface area contributed by atoms with Gasteiger partial charge in [0.2, 0.25) is 0 Å². The molecule has 2 aromatic rings. The molecule has 1 saturated heterocycles. The van der Waals surface area contributed by atoms with Crippen molar-refractivity contribution in [3.63, 3.8) is 0 Å². The molecule has 0 aromatic heterocycles. The monoisotopic (exact) mass is 430 g/mol. The molecule has 0 aliphatic carbocycles. The van der Waals surface area contributed by atoms with Crippen molar-refractivity contribution in [1.82, 2.24) is 4.90 Å². The van der Waals surface area contributed by atoms with Crippen LogP contribution in [-0.2, 0) is 5.41 Å². The Hall–Kier alpha value is -2.64. The fraction of sp³-hybridized carbons (Fsp3) is 0.409. The van der Waals surface area contributed by atoms with Crippen LogP contribution in [0.4, 0.5) is 17.1 Å². The maximum Gasteiger partial charge on any atom is 0.294 e. The van der Waals surface area contributed by atoms with E-state index in [0.29, 0.717) is 30.0 Å². The largest absolute Gasteiger partial charge is 0.363 e. The van der Waals surface area contributed by atoms with Crippen LogP contribution in [0.5, 0.6) is 0 Å². The van der Waals surface area contributed by atoms with Crippen LogP contribution in [0, 0.1) is 10.1 Å². The molecule has 0 atom stereocenters. The topological polar surface area (TPSA) is 78.7 Å². The van der Waals surface area contributed by atoms with Gasteiger partial charge in [-0.1, -0.05) is 44.5 Å². The number of hydrogen-bond donors (Lipinski definition) is 1. The van der Waals surface area contributed by atoms with Crippen LogP contribution in [0.1, 0.15) is 36.7 Å². The molecule has 0 unspecified atom stereocenters. The van der Waals surface area contributed by atoms with Gasteiger partial charge in [0.15, 0.2) is 0 Å². The number of amides is 1. The molecule has 8 heteroatoms. The Morgan fingerprint density at radius 3 is 2.23 bits per heavy atom. The standard InChI is InChI=1S/C22H27ClN4O3/c1-22(2,3)16-7-5-15(6-8-16)21(28)24-18-14-19(20(27(29)30)13-17(18)23)26-11-9-25(4)10-12-26/h5-8,13-14H,9-12H2,1-4H3,(H,24,28). The van der Waals surface area contributed by atoms with Gasteiger partial charge in [0.1, 0.15) is 5.69 Å². The third-order valence-electron chi connectivity index (χ3n) is 5.37. The van der Waals surface area contributed by atoms with E-state index in [1.807, 2.05) is 24.1 Å². The molecule has 1 aliphatic heterocycles. The summed E-state index contributed by atoms with van der Waals surface area (Å²) in [5.74, 6) is -0.310. The summed E-state index contributed by atoms with van der Waals surface area (Å²) in [4.78, 5) is 28.0. The number of piperazine rings is 1. The summed E-state index contributed by atoms with van der Waals surface area (Å²) >= 11 is 6.28. The molecule has 7 nitrogen and oxygen atoms in total. The van der Waals surface area contributed by atoms with Gasteiger partial charge in [-0.15, -0.1) is 0 Å². The van der Waals surface area contributed by atoms with E-state index in [9.17, 15) is 14.9 Å². The van der Waals surface area contributed by atoms with Crippen molar-refractivity contribution in [2.75, 3.05) is 43.4 Å². The molecular weight excluding hydrogens is 404 g/mol. The minimum Gasteiger partial charge on any atom is -0.363 e. The lowest BCUT2D eigenvalue weighted by Gasteiger charge is -2.33. The molecule has 0 radical (unpaired) electrons. The van der Waals surface area contributed by atoms with Crippen molar-refractivity contribution in [2.24, 2.45) is 0 Å². The molecule has 0 saturated carbocycles. The number of hydrogen-bond acceptors (Lipinski definition) is 5. The van der Waals surface area contributed by atoms with Gasteiger partial charge in [-0.05, 0) is 36.2 Å². The Morgan fingerprint density at radius 1 is 1.10 bits per heavy atom. The molecule has 1 heterocycles. The van der Waals surface area contributed by atoms with Crippen LogP contribution in [0.3, 0.4) is 0 Å². The Balaban J connectivity index is 1.87. The molecule has 30 heavy (non-hydrogen) atoms. The van der Waals surface area contributed by atoms with Gasteiger partial charge in [-0.25, -0.2) is 0 Å². The van der Waals surface area contributed by atoms with E-state index in [-0.39, 0.29) is 22.0 Å². The van der Waals surface area contributed by atoms with Crippen molar-refractivity contribution < 1.29 is 9.72 Å². The predicted octanol–water partition coefficient (Wildman–Crippen LogP) is 4.55. The summed E-state index contributed by atoms with van der Waals surface area (Å²) in [5, 5.41) is 14.5. The number of likely N-dealkylation sites (N-methyl/N-ethyl adjacent to an activating group) is 1. The fourth-order valence-electron chi connectivity index (χ4n) is 3.41. The number of nitrogens with zero attached hydrogens (tertiary/aromatic N) is 3. The molecule has 1 fully saturated rings. The molecule has 2 aromatic carbocycles. The lowest BCUT2D eigenvalue weighted by atomic mass is 9.87. The van der Waals surface area contributed by atoms with Crippen LogP contribution in [-0.4, -0.2) is 49.0 Å². The van der Waals surface area contributed by atoms with Crippen molar-refractivity contribution in [3.8, 4) is 0 Å². The second kappa shape index (κ2) is 8.62. The van der Waals surface area contributed by atoms with Gasteiger partial charge in [-0.3, -0.25) is 14.9 Å². The van der Waals surface area contributed by atoms with Crippen LogP contribution < -0.4 is 10.2 Å². The average Bonchev–Trinajstić information content (AvgIpc) is 2.69. The lowest BCUT2D eigenvalue weighted by molar-refractivity contribution is -0.384. The fourth-order valence-corrected chi connectivity index (χ4v) is 3.62. The third kappa shape index (κ3) is 4.91. The Bertz CT molecular complexity index is 946. The van der Waals surface area contributed by atoms with Crippen molar-refractivity contribution in [1.29, 1.82) is 0 Å². The molecule has 0 bridgehead atoms. The molecule has 3 rings (SSSR count). The summed E-state index contributed by atoms with van der Waals surface area (Å²) in [6.07, 6.45) is 0. The normalized spacial score (nSPS) is 15.2. The minimum absolute atomic E-state index is 0.00586. The molecule has 0 spiro atoms. The zero-order chi connectivity index (χ0) is 22.1. The molecule has 160 valence electrons. The van der Waals surface area contributed by atoms with Crippen LogP contribution in [0.2, 0.25) is 5.02 Å². The number of nitro groups is 1. The van der Waals surface area contributed by atoms with E-state index < -0.39 is 4.92 Å². The summed E-state index contributed by atoms with van der Waals surface area (Å²) < 4.78 is 0. The van der Waals surface area contributed by atoms with Gasteiger partial charge in [-0.2, -0.15) is 0 Å². The first-order valence-corrected chi connectivity index (χ1v) is 10.3. The van der Waals surface area contributed by atoms with E-state index in [2.05, 4.69) is 31.0 Å². The highest BCUT2D eigenvalue weighted by Gasteiger charge is 2.25. The predicted molar refractivity (Wildman–Crippen MR) is 121 cm³/mol. The number of anilines is 2. The first-order chi connectivity index (χ1) is 14.1. The van der Waals surface area contributed by atoms with Gasteiger partial charge >= 0.3 is 0 Å². The van der Waals surface area contributed by atoms with Gasteiger partial charge in [0.05, 0.1) is 15.6 Å². The van der Waals surface area contributed by atoms with Gasteiger partial charge in [0.25, 0.3) is 11.6 Å². The van der Waals surface area contributed by atoms with E-state index >= 15 is 0 Å². The number of carbonyl (C=O) groups excluding carboxylic acids is 1. The molecule has 1 N–H and O–H groups in total. The summed E-state index contributed by atoms with van der Waals surface area (Å²) in [5.41, 5.74) is 2.39. The van der Waals surface area contributed by atoms with Crippen LogP contribution in [0.15, 0.2) is 36.4 Å². The average molecular weight is 431 g/mol. The summed E-state index contributed by atoms with van der Waals surface area (Å²) in [7, 11) is 2.02. The van der Waals surface area contributed by atoms with E-state index in [0.717, 1.165) is 18.7 Å². The summed E-state index contributed by atoms with van der Waals surface area (Å²) in [6.45, 7) is 9.28. The van der Waals surface area contributed by atoms with E-state index in [1.165, 1.54) is 6.07 Å². The van der Waals surface area contributed by atoms with Gasteiger partial charge in [0, 0.05) is 37.8 Å². The first kappa shape index (κ1) is 22.1. The Labute approximate surface area is 181 Å². The highest BCUT2D eigenvalue weighted by Crippen LogP contribution is 2.37. The number of benzene rings is 2. The lowest BCUT2D eigenvalue weighted by Crippen LogP contribution is -2.44. The SMILES string of the molecule is CN1CCN(c2cc(NC(=O)c3ccc(C(C)(C)C)cc3)c(Cl)cc2[N+](=O)[O-])CC1. The maximum atomic E-state index is 12.8. The van der Waals surface area contributed by atoms with Crippen LogP contribution >= 0.6 is 11.6 Å². The summed E-state index contributed by atoms with van der Waals surface area (Å²) in [6, 6.07) is 10.3.